The first kappa shape index (κ1) is 9.16. The average Bonchev–Trinajstić information content (AvgIpc) is 1.89. The van der Waals surface area contributed by atoms with Gasteiger partial charge in [-0.05, 0) is 6.42 Å². The number of hydrogen-bond acceptors (Lipinski definition) is 1. The highest BCUT2D eigenvalue weighted by molar-refractivity contribution is 14.1. The lowest BCUT2D eigenvalue weighted by molar-refractivity contribution is -0.118. The van der Waals surface area contributed by atoms with E-state index in [2.05, 4.69) is 5.32 Å². The van der Waals surface area contributed by atoms with Crippen molar-refractivity contribution in [3.63, 3.8) is 0 Å². The zero-order chi connectivity index (χ0) is 7.11. The third-order valence-electron chi connectivity index (χ3n) is 0.765. The van der Waals surface area contributed by atoms with Gasteiger partial charge in [-0.2, -0.15) is 0 Å². The number of hydrogen-bond donors (Lipinski definition) is 1. The molecule has 0 saturated heterocycles. The van der Waals surface area contributed by atoms with Crippen molar-refractivity contribution < 1.29 is 9.90 Å². The molecule has 0 aromatic rings. The minimum atomic E-state index is -0.110. The number of nitrogens with one attached hydrogen (secondary N) is 1. The van der Waals surface area contributed by atoms with E-state index < -0.39 is 0 Å². The Kier molecular flexibility index (Phi) is 6.39. The van der Waals surface area contributed by atoms with Gasteiger partial charge < -0.3 is 5.32 Å². The van der Waals surface area contributed by atoms with E-state index >= 15 is 0 Å². The third kappa shape index (κ3) is 6.04. The highest BCUT2D eigenvalue weighted by Crippen LogP contribution is 1.80. The Morgan fingerprint density at radius 3 is 2.67 bits per heavy atom. The molecule has 1 amide bonds. The Morgan fingerprint density at radius 1 is 1.56 bits per heavy atom. The third-order valence-corrected chi connectivity index (χ3v) is 1.46. The van der Waals surface area contributed by atoms with E-state index in [4.69, 9.17) is 0 Å². The zero-order valence-corrected chi connectivity index (χ0v) is 7.18. The average molecular weight is 242 g/mol. The molecular formula is C5H9INO2. The lowest BCUT2D eigenvalue weighted by Crippen LogP contribution is -2.25. The summed E-state index contributed by atoms with van der Waals surface area (Å²) in [4.78, 5) is 10.5. The number of alkyl halides is 1. The highest BCUT2D eigenvalue weighted by atomic mass is 127. The van der Waals surface area contributed by atoms with Crippen LogP contribution >= 0.6 is 22.6 Å². The van der Waals surface area contributed by atoms with Gasteiger partial charge >= 0.3 is 0 Å². The Morgan fingerprint density at radius 2 is 2.22 bits per heavy atom. The molecule has 0 unspecified atom stereocenters. The fourth-order valence-corrected chi connectivity index (χ4v) is 0.617. The molecule has 1 radical (unpaired) electrons. The first-order chi connectivity index (χ1) is 4.31. The molecule has 0 saturated carbocycles. The molecule has 0 aliphatic rings. The van der Waals surface area contributed by atoms with Crippen LogP contribution in [0.3, 0.4) is 0 Å². The lowest BCUT2D eigenvalue weighted by atomic mass is 10.4. The van der Waals surface area contributed by atoms with Gasteiger partial charge in [-0.15, -0.1) is 0 Å². The maximum atomic E-state index is 10.5. The van der Waals surface area contributed by atoms with Gasteiger partial charge in [0.1, 0.15) is 0 Å². The second-order valence-corrected chi connectivity index (χ2v) is 2.30. The molecule has 0 atom stereocenters. The monoisotopic (exact) mass is 242 g/mol. The van der Waals surface area contributed by atoms with Crippen LogP contribution in [0.1, 0.15) is 6.42 Å². The first-order valence-electron chi connectivity index (χ1n) is 2.72. The number of amides is 1. The molecule has 1 N–H and O–H groups in total. The molecule has 4 heteroatoms. The van der Waals surface area contributed by atoms with Gasteiger partial charge in [0.25, 0.3) is 0 Å². The van der Waals surface area contributed by atoms with E-state index in [1.165, 1.54) is 0 Å². The Bertz CT molecular complexity index is 87.0. The van der Waals surface area contributed by atoms with Crippen molar-refractivity contribution in [2.24, 2.45) is 0 Å². The standard InChI is InChI=1S/C5H9INO2/c6-4-5(9)7-2-1-3-8/h1-4H2,(H,7,9). The summed E-state index contributed by atoms with van der Waals surface area (Å²) in [6.07, 6.45) is 0.530. The SMILES string of the molecule is [O]CCCNC(=O)CI. The second kappa shape index (κ2) is 6.28. The quantitative estimate of drug-likeness (QED) is 0.432. The summed E-state index contributed by atoms with van der Waals surface area (Å²) in [6, 6.07) is 0. The molecular weight excluding hydrogens is 233 g/mol. The smallest absolute Gasteiger partial charge is 0.229 e. The molecule has 0 aliphatic carbocycles. The summed E-state index contributed by atoms with van der Waals surface area (Å²) in [7, 11) is 0. The molecule has 0 spiro atoms. The van der Waals surface area contributed by atoms with E-state index in [1.54, 1.807) is 0 Å². The van der Waals surface area contributed by atoms with Crippen LogP contribution in [0, 0.1) is 0 Å². The van der Waals surface area contributed by atoms with Gasteiger partial charge in [0.15, 0.2) is 0 Å². The van der Waals surface area contributed by atoms with E-state index in [9.17, 15) is 9.90 Å². The van der Waals surface area contributed by atoms with Gasteiger partial charge in [-0.25, -0.2) is 5.11 Å². The fourth-order valence-electron chi connectivity index (χ4n) is 0.347. The summed E-state index contributed by atoms with van der Waals surface area (Å²) in [5, 5.41) is 12.4. The molecule has 0 aromatic heterocycles. The van der Waals surface area contributed by atoms with Gasteiger partial charge in [0, 0.05) is 6.54 Å². The highest BCUT2D eigenvalue weighted by Gasteiger charge is 1.93. The van der Waals surface area contributed by atoms with Crippen LogP contribution in [0.25, 0.3) is 0 Å². The number of rotatable bonds is 4. The van der Waals surface area contributed by atoms with Crippen LogP contribution in [0.2, 0.25) is 0 Å². The van der Waals surface area contributed by atoms with Crippen molar-refractivity contribution in [1.29, 1.82) is 0 Å². The van der Waals surface area contributed by atoms with Crippen LogP contribution in [0.4, 0.5) is 0 Å². The van der Waals surface area contributed by atoms with E-state index in [0.29, 0.717) is 17.4 Å². The Labute approximate surface area is 68.0 Å². The van der Waals surface area contributed by atoms with Crippen LogP contribution < -0.4 is 5.32 Å². The Hall–Kier alpha value is 0.160. The van der Waals surface area contributed by atoms with Gasteiger partial charge in [-0.1, -0.05) is 22.6 Å². The molecule has 53 valence electrons. The van der Waals surface area contributed by atoms with Crippen molar-refractivity contribution in [1.82, 2.24) is 5.32 Å². The molecule has 0 bridgehead atoms. The number of halogens is 1. The second-order valence-electron chi connectivity index (χ2n) is 1.54. The summed E-state index contributed by atoms with van der Waals surface area (Å²) >= 11 is 1.98. The lowest BCUT2D eigenvalue weighted by Gasteiger charge is -1.97. The summed E-state index contributed by atoms with van der Waals surface area (Å²) < 4.78 is 0.469. The van der Waals surface area contributed by atoms with Crippen LogP contribution in [-0.2, 0) is 9.90 Å². The van der Waals surface area contributed by atoms with Gasteiger partial charge in [-0.3, -0.25) is 4.79 Å². The van der Waals surface area contributed by atoms with E-state index in [-0.39, 0.29) is 12.5 Å². The number of carbonyl (C=O) groups is 1. The minimum Gasteiger partial charge on any atom is -0.355 e. The van der Waals surface area contributed by atoms with Crippen molar-refractivity contribution >= 4 is 28.5 Å². The minimum absolute atomic E-state index is 0.00375. The Balaban J connectivity index is 2.97. The van der Waals surface area contributed by atoms with Crippen LogP contribution in [0.15, 0.2) is 0 Å². The predicted molar refractivity (Wildman–Crippen MR) is 42.1 cm³/mol. The topological polar surface area (TPSA) is 49.0 Å². The van der Waals surface area contributed by atoms with Crippen LogP contribution in [-0.4, -0.2) is 23.5 Å². The normalized spacial score (nSPS) is 9.11. The van der Waals surface area contributed by atoms with Gasteiger partial charge in [0.05, 0.1) is 11.0 Å². The molecule has 0 heterocycles. The fraction of sp³-hybridized carbons (Fsp3) is 0.800. The summed E-state index contributed by atoms with van der Waals surface area (Å²) in [6.45, 7) is 0.410. The molecule has 0 aliphatic heterocycles. The largest absolute Gasteiger partial charge is 0.355 e. The van der Waals surface area contributed by atoms with Gasteiger partial charge in [0.2, 0.25) is 5.91 Å². The van der Waals surface area contributed by atoms with Crippen molar-refractivity contribution in [3.8, 4) is 0 Å². The predicted octanol–water partition coefficient (Wildman–Crippen LogP) is 0.358. The van der Waals surface area contributed by atoms with Crippen LogP contribution in [0.5, 0.6) is 0 Å². The molecule has 0 fully saturated rings. The maximum Gasteiger partial charge on any atom is 0.229 e. The zero-order valence-electron chi connectivity index (χ0n) is 5.02. The molecule has 9 heavy (non-hydrogen) atoms. The van der Waals surface area contributed by atoms with Crippen molar-refractivity contribution in [2.75, 3.05) is 17.6 Å². The molecule has 3 nitrogen and oxygen atoms in total. The van der Waals surface area contributed by atoms with E-state index in [1.807, 2.05) is 22.6 Å². The van der Waals surface area contributed by atoms with Crippen molar-refractivity contribution in [2.45, 2.75) is 6.42 Å². The summed E-state index contributed by atoms with van der Waals surface area (Å²) in [5.74, 6) is 0.00375. The van der Waals surface area contributed by atoms with E-state index in [0.717, 1.165) is 0 Å². The molecule has 0 rings (SSSR count). The maximum absolute atomic E-state index is 10.5. The number of carbonyl (C=O) groups excluding carboxylic acids is 1. The first-order valence-corrected chi connectivity index (χ1v) is 4.24. The summed E-state index contributed by atoms with van der Waals surface area (Å²) in [5.41, 5.74) is 0. The van der Waals surface area contributed by atoms with Crippen molar-refractivity contribution in [3.05, 3.63) is 0 Å². The molecule has 0 aromatic carbocycles.